The second-order valence-corrected chi connectivity index (χ2v) is 8.02. The predicted molar refractivity (Wildman–Crippen MR) is 76.3 cm³/mol. The Labute approximate surface area is 122 Å². The molecule has 0 amide bonds. The van der Waals surface area contributed by atoms with E-state index in [0.29, 0.717) is 0 Å². The third kappa shape index (κ3) is 3.20. The van der Waals surface area contributed by atoms with Crippen molar-refractivity contribution in [3.63, 3.8) is 0 Å². The first-order valence-corrected chi connectivity index (χ1v) is 8.93. The molecule has 2 saturated carbocycles. The standard InChI is InChI=1S/C14H17BrO3S/c15-12-3-7-14(8-4-12)19(16,17)18-13-5-1-10-9-11(10)2-6-13/h3-4,7-8,10-11,13H,1-2,5-6,9H2/t10-,11+,13?. The Morgan fingerprint density at radius 2 is 1.58 bits per heavy atom. The highest BCUT2D eigenvalue weighted by molar-refractivity contribution is 9.10. The highest BCUT2D eigenvalue weighted by Gasteiger charge is 2.40. The number of halogens is 1. The van der Waals surface area contributed by atoms with Gasteiger partial charge in [-0.25, -0.2) is 0 Å². The summed E-state index contributed by atoms with van der Waals surface area (Å²) in [6.07, 6.45) is 5.18. The van der Waals surface area contributed by atoms with E-state index in [4.69, 9.17) is 4.18 Å². The van der Waals surface area contributed by atoms with E-state index in [0.717, 1.165) is 42.0 Å². The predicted octanol–water partition coefficient (Wildman–Crippen LogP) is 3.73. The third-order valence-electron chi connectivity index (χ3n) is 4.15. The Morgan fingerprint density at radius 3 is 2.16 bits per heavy atom. The fourth-order valence-corrected chi connectivity index (χ4v) is 4.29. The molecule has 5 heteroatoms. The number of benzene rings is 1. The summed E-state index contributed by atoms with van der Waals surface area (Å²) in [7, 11) is -3.62. The first kappa shape index (κ1) is 13.6. The van der Waals surface area contributed by atoms with Gasteiger partial charge >= 0.3 is 0 Å². The van der Waals surface area contributed by atoms with E-state index < -0.39 is 10.1 Å². The van der Waals surface area contributed by atoms with Gasteiger partial charge in [0.1, 0.15) is 0 Å². The molecule has 0 N–H and O–H groups in total. The summed E-state index contributed by atoms with van der Waals surface area (Å²) in [4.78, 5) is 0.241. The molecule has 2 aliphatic carbocycles. The Morgan fingerprint density at radius 1 is 1.00 bits per heavy atom. The highest BCUT2D eigenvalue weighted by Crippen LogP contribution is 2.48. The lowest BCUT2D eigenvalue weighted by molar-refractivity contribution is 0.187. The molecule has 0 aromatic heterocycles. The van der Waals surface area contributed by atoms with Crippen LogP contribution >= 0.6 is 15.9 Å². The van der Waals surface area contributed by atoms with E-state index in [1.54, 1.807) is 24.3 Å². The minimum atomic E-state index is -3.62. The van der Waals surface area contributed by atoms with Crippen molar-refractivity contribution in [3.05, 3.63) is 28.7 Å². The molecule has 2 aliphatic rings. The largest absolute Gasteiger partial charge is 0.297 e. The van der Waals surface area contributed by atoms with Gasteiger partial charge in [-0.05, 0) is 68.2 Å². The van der Waals surface area contributed by atoms with Gasteiger partial charge < -0.3 is 0 Å². The van der Waals surface area contributed by atoms with Crippen molar-refractivity contribution in [2.45, 2.75) is 43.1 Å². The zero-order chi connectivity index (χ0) is 13.5. The molecule has 1 aromatic rings. The van der Waals surface area contributed by atoms with Crippen molar-refractivity contribution < 1.29 is 12.6 Å². The molecule has 0 bridgehead atoms. The van der Waals surface area contributed by atoms with Gasteiger partial charge in [0.05, 0.1) is 11.0 Å². The van der Waals surface area contributed by atoms with Crippen molar-refractivity contribution in [3.8, 4) is 0 Å². The van der Waals surface area contributed by atoms with Crippen LogP contribution < -0.4 is 0 Å². The SMILES string of the molecule is O=S(=O)(OC1CC[C@@H]2C[C@@H]2CC1)c1ccc(Br)cc1. The molecule has 3 rings (SSSR count). The van der Waals surface area contributed by atoms with E-state index in [9.17, 15) is 8.42 Å². The van der Waals surface area contributed by atoms with E-state index in [1.807, 2.05) is 0 Å². The molecule has 0 spiro atoms. The molecular weight excluding hydrogens is 328 g/mol. The molecule has 0 saturated heterocycles. The lowest BCUT2D eigenvalue weighted by Crippen LogP contribution is -2.18. The molecule has 1 unspecified atom stereocenters. The number of fused-ring (bicyclic) bond motifs is 1. The van der Waals surface area contributed by atoms with Gasteiger partial charge in [-0.3, -0.25) is 4.18 Å². The Balaban J connectivity index is 1.68. The van der Waals surface area contributed by atoms with Crippen molar-refractivity contribution in [1.82, 2.24) is 0 Å². The quantitative estimate of drug-likeness (QED) is 0.784. The molecule has 0 aliphatic heterocycles. The Hall–Kier alpha value is -0.390. The van der Waals surface area contributed by atoms with Crippen LogP contribution in [0.1, 0.15) is 32.1 Å². The zero-order valence-corrected chi connectivity index (χ0v) is 13.0. The first-order chi connectivity index (χ1) is 9.04. The number of hydrogen-bond acceptors (Lipinski definition) is 3. The molecule has 19 heavy (non-hydrogen) atoms. The number of hydrogen-bond donors (Lipinski definition) is 0. The van der Waals surface area contributed by atoms with Gasteiger partial charge in [-0.2, -0.15) is 8.42 Å². The summed E-state index contributed by atoms with van der Waals surface area (Å²) in [6.45, 7) is 0. The Bertz CT molecular complexity index is 541. The maximum absolute atomic E-state index is 12.2. The lowest BCUT2D eigenvalue weighted by Gasteiger charge is -2.15. The van der Waals surface area contributed by atoms with Crippen molar-refractivity contribution in [2.24, 2.45) is 11.8 Å². The first-order valence-electron chi connectivity index (χ1n) is 6.73. The minimum absolute atomic E-state index is 0.138. The van der Waals surface area contributed by atoms with Crippen LogP contribution in [-0.2, 0) is 14.3 Å². The summed E-state index contributed by atoms with van der Waals surface area (Å²) in [6, 6.07) is 6.60. The second kappa shape index (κ2) is 5.19. The van der Waals surface area contributed by atoms with Gasteiger partial charge in [0.25, 0.3) is 10.1 Å². The van der Waals surface area contributed by atoms with Gasteiger partial charge in [0.2, 0.25) is 0 Å². The normalized spacial score (nSPS) is 30.5. The monoisotopic (exact) mass is 344 g/mol. The average Bonchev–Trinajstić information content (AvgIpc) is 3.11. The van der Waals surface area contributed by atoms with Crippen molar-refractivity contribution in [2.75, 3.05) is 0 Å². The highest BCUT2D eigenvalue weighted by atomic mass is 79.9. The van der Waals surface area contributed by atoms with Crippen molar-refractivity contribution in [1.29, 1.82) is 0 Å². The summed E-state index contributed by atoms with van der Waals surface area (Å²) < 4.78 is 30.6. The molecule has 104 valence electrons. The topological polar surface area (TPSA) is 43.4 Å². The van der Waals surface area contributed by atoms with Gasteiger partial charge in [0, 0.05) is 4.47 Å². The minimum Gasteiger partial charge on any atom is -0.263 e. The maximum Gasteiger partial charge on any atom is 0.297 e. The van der Waals surface area contributed by atoms with Crippen LogP contribution in [0.25, 0.3) is 0 Å². The summed E-state index contributed by atoms with van der Waals surface area (Å²) in [5, 5.41) is 0. The maximum atomic E-state index is 12.2. The Kier molecular flexibility index (Phi) is 3.71. The van der Waals surface area contributed by atoms with Crippen LogP contribution in [0.3, 0.4) is 0 Å². The molecule has 0 heterocycles. The smallest absolute Gasteiger partial charge is 0.263 e. The zero-order valence-electron chi connectivity index (χ0n) is 10.6. The van der Waals surface area contributed by atoms with Crippen LogP contribution in [0.5, 0.6) is 0 Å². The van der Waals surface area contributed by atoms with Crippen LogP contribution in [0.15, 0.2) is 33.6 Å². The molecule has 2 fully saturated rings. The summed E-state index contributed by atoms with van der Waals surface area (Å²) in [5.74, 6) is 1.67. The van der Waals surface area contributed by atoms with Gasteiger partial charge in [-0.15, -0.1) is 0 Å². The fourth-order valence-electron chi connectivity index (χ4n) is 2.89. The molecule has 1 aromatic carbocycles. The molecule has 0 radical (unpaired) electrons. The van der Waals surface area contributed by atoms with E-state index >= 15 is 0 Å². The van der Waals surface area contributed by atoms with Crippen molar-refractivity contribution >= 4 is 26.0 Å². The van der Waals surface area contributed by atoms with Crippen LogP contribution in [0.2, 0.25) is 0 Å². The van der Waals surface area contributed by atoms with E-state index in [-0.39, 0.29) is 11.0 Å². The fraction of sp³-hybridized carbons (Fsp3) is 0.571. The van der Waals surface area contributed by atoms with Crippen LogP contribution in [-0.4, -0.2) is 14.5 Å². The summed E-state index contributed by atoms with van der Waals surface area (Å²) in [5.41, 5.74) is 0. The van der Waals surface area contributed by atoms with Gasteiger partial charge in [0.15, 0.2) is 0 Å². The van der Waals surface area contributed by atoms with E-state index in [1.165, 1.54) is 6.42 Å². The van der Waals surface area contributed by atoms with Crippen LogP contribution in [0, 0.1) is 11.8 Å². The van der Waals surface area contributed by atoms with Crippen LogP contribution in [0.4, 0.5) is 0 Å². The average molecular weight is 345 g/mol. The lowest BCUT2D eigenvalue weighted by atomic mass is 10.1. The summed E-state index contributed by atoms with van der Waals surface area (Å²) >= 11 is 3.30. The third-order valence-corrected chi connectivity index (χ3v) is 6.06. The van der Waals surface area contributed by atoms with E-state index in [2.05, 4.69) is 15.9 Å². The molecular formula is C14H17BrO3S. The number of rotatable bonds is 3. The molecule has 3 nitrogen and oxygen atoms in total. The second-order valence-electron chi connectivity index (χ2n) is 5.54. The van der Waals surface area contributed by atoms with Gasteiger partial charge in [-0.1, -0.05) is 15.9 Å². The molecule has 3 atom stereocenters.